The first-order chi connectivity index (χ1) is 18.5. The third-order valence-electron chi connectivity index (χ3n) is 6.07. The molecule has 0 heterocycles. The van der Waals surface area contributed by atoms with Crippen LogP contribution in [0.4, 0.5) is 0 Å². The Hall–Kier alpha value is -0.390. The van der Waals surface area contributed by atoms with E-state index in [1.54, 1.807) is 0 Å². The Morgan fingerprint density at radius 2 is 1.20 bits per heavy atom. The van der Waals surface area contributed by atoms with Crippen LogP contribution in [0.25, 0.3) is 0 Å². The topological polar surface area (TPSA) is 65.0 Å². The molecule has 3 rings (SSSR count). The molecule has 5 nitrogen and oxygen atoms in total. The van der Waals surface area contributed by atoms with Crippen LogP contribution in [0.1, 0.15) is 63.8 Å². The Kier molecular flexibility index (Phi) is 12.3. The summed E-state index contributed by atoms with van der Waals surface area (Å²) in [5, 5.41) is 9.10. The minimum absolute atomic E-state index is 0.0148. The SMILES string of the molecule is CC(C)(C)c1cc(COCCOc2c(I)cc(Oc3c(I)cc(CC(=O)O)cc3I)cc2I)cc(C(C)(C)C)c1. The van der Waals surface area contributed by atoms with Crippen molar-refractivity contribution >= 4 is 96.3 Å². The molecule has 1 N–H and O–H groups in total. The molecule has 0 fully saturated rings. The summed E-state index contributed by atoms with van der Waals surface area (Å²) in [4.78, 5) is 11.1. The van der Waals surface area contributed by atoms with E-state index in [1.807, 2.05) is 24.3 Å². The molecule has 0 atom stereocenters. The predicted molar refractivity (Wildman–Crippen MR) is 194 cm³/mol. The maximum absolute atomic E-state index is 11.1. The van der Waals surface area contributed by atoms with E-state index in [1.165, 1.54) is 16.7 Å². The van der Waals surface area contributed by atoms with Gasteiger partial charge in [0.25, 0.3) is 0 Å². The molecular weight excluding hydrogens is 960 g/mol. The second-order valence-corrected chi connectivity index (χ2v) is 16.2. The Balaban J connectivity index is 1.62. The molecule has 0 unspecified atom stereocenters. The Morgan fingerprint density at radius 1 is 0.700 bits per heavy atom. The molecule has 0 aromatic heterocycles. The number of halogens is 4. The summed E-state index contributed by atoms with van der Waals surface area (Å²) < 4.78 is 22.0. The zero-order chi connectivity index (χ0) is 29.8. The first-order valence-corrected chi connectivity index (χ1v) is 17.1. The molecule has 0 aliphatic rings. The van der Waals surface area contributed by atoms with E-state index < -0.39 is 5.97 Å². The van der Waals surface area contributed by atoms with Crippen molar-refractivity contribution < 1.29 is 24.1 Å². The van der Waals surface area contributed by atoms with Gasteiger partial charge in [-0.2, -0.15) is 0 Å². The highest BCUT2D eigenvalue weighted by molar-refractivity contribution is 14.1. The third-order valence-corrected chi connectivity index (χ3v) is 9.28. The molecule has 216 valence electrons. The Morgan fingerprint density at radius 3 is 1.68 bits per heavy atom. The van der Waals surface area contributed by atoms with E-state index in [-0.39, 0.29) is 17.3 Å². The number of hydrogen-bond acceptors (Lipinski definition) is 4. The standard InChI is InChI=1S/C31H34I4O5/c1-30(2,3)20-9-19(10-21(14-20)31(4,5)6)17-38-7-8-39-28-25(34)15-22(16-26(28)35)40-29-23(32)11-18(12-24(29)33)13-27(36)37/h9-12,14-16H,7-8,13,17H2,1-6H3,(H,36,37). The van der Waals surface area contributed by atoms with Gasteiger partial charge in [0.1, 0.15) is 18.1 Å². The maximum Gasteiger partial charge on any atom is 0.307 e. The number of carboxylic acids is 1. The number of rotatable bonds is 10. The summed E-state index contributed by atoms with van der Waals surface area (Å²) in [6.45, 7) is 14.9. The van der Waals surface area contributed by atoms with Crippen LogP contribution in [0, 0.1) is 14.3 Å². The van der Waals surface area contributed by atoms with Gasteiger partial charge in [-0.05, 0) is 148 Å². The molecule has 0 saturated carbocycles. The fourth-order valence-electron chi connectivity index (χ4n) is 3.87. The van der Waals surface area contributed by atoms with E-state index in [4.69, 9.17) is 19.3 Å². The fourth-order valence-corrected chi connectivity index (χ4v) is 8.01. The summed E-state index contributed by atoms with van der Waals surface area (Å²) >= 11 is 8.90. The summed E-state index contributed by atoms with van der Waals surface area (Å²) in [5.74, 6) is 1.37. The van der Waals surface area contributed by atoms with E-state index >= 15 is 0 Å². The van der Waals surface area contributed by atoms with Crippen LogP contribution in [0.15, 0.2) is 42.5 Å². The highest BCUT2D eigenvalue weighted by Crippen LogP contribution is 2.37. The minimum Gasteiger partial charge on any atom is -0.489 e. The van der Waals surface area contributed by atoms with Gasteiger partial charge >= 0.3 is 5.97 Å². The molecule has 0 spiro atoms. The lowest BCUT2D eigenvalue weighted by atomic mass is 9.79. The van der Waals surface area contributed by atoms with Crippen molar-refractivity contribution in [3.8, 4) is 17.2 Å². The first-order valence-electron chi connectivity index (χ1n) is 12.8. The highest BCUT2D eigenvalue weighted by Gasteiger charge is 2.21. The molecule has 9 heteroatoms. The number of aliphatic carboxylic acids is 1. The lowest BCUT2D eigenvalue weighted by Crippen LogP contribution is -2.17. The maximum atomic E-state index is 11.1. The number of carbonyl (C=O) groups is 1. The Bertz CT molecular complexity index is 1290. The van der Waals surface area contributed by atoms with Crippen molar-refractivity contribution in [1.82, 2.24) is 0 Å². The minimum atomic E-state index is -0.852. The van der Waals surface area contributed by atoms with Crippen LogP contribution in [-0.2, 0) is 33.4 Å². The van der Waals surface area contributed by atoms with Crippen molar-refractivity contribution in [2.45, 2.75) is 65.4 Å². The third kappa shape index (κ3) is 9.83. The van der Waals surface area contributed by atoms with Gasteiger partial charge in [0.2, 0.25) is 0 Å². The lowest BCUT2D eigenvalue weighted by molar-refractivity contribution is -0.136. The second-order valence-electron chi connectivity index (χ2n) is 11.6. The van der Waals surface area contributed by atoms with Gasteiger partial charge in [-0.15, -0.1) is 0 Å². The van der Waals surface area contributed by atoms with Crippen molar-refractivity contribution in [2.24, 2.45) is 0 Å². The van der Waals surface area contributed by atoms with E-state index in [0.717, 1.165) is 25.6 Å². The van der Waals surface area contributed by atoms with Gasteiger partial charge in [-0.3, -0.25) is 4.79 Å². The molecular formula is C31H34I4O5. The molecule has 3 aromatic rings. The molecule has 3 aromatic carbocycles. The molecule has 0 aliphatic heterocycles. The van der Waals surface area contributed by atoms with Gasteiger partial charge in [0.05, 0.1) is 33.9 Å². The molecule has 40 heavy (non-hydrogen) atoms. The van der Waals surface area contributed by atoms with Crippen LogP contribution in [-0.4, -0.2) is 24.3 Å². The number of ether oxygens (including phenoxy) is 3. The average Bonchev–Trinajstić information content (AvgIpc) is 2.81. The van der Waals surface area contributed by atoms with Gasteiger partial charge in [-0.1, -0.05) is 59.7 Å². The van der Waals surface area contributed by atoms with Crippen molar-refractivity contribution in [1.29, 1.82) is 0 Å². The van der Waals surface area contributed by atoms with Crippen molar-refractivity contribution in [3.05, 3.63) is 79.0 Å². The highest BCUT2D eigenvalue weighted by atomic mass is 127. The van der Waals surface area contributed by atoms with Crippen LogP contribution in [0.2, 0.25) is 0 Å². The first kappa shape index (κ1) is 34.1. The van der Waals surface area contributed by atoms with Crippen molar-refractivity contribution in [2.75, 3.05) is 13.2 Å². The van der Waals surface area contributed by atoms with Crippen LogP contribution < -0.4 is 9.47 Å². The monoisotopic (exact) mass is 994 g/mol. The zero-order valence-corrected chi connectivity index (χ0v) is 32.1. The van der Waals surface area contributed by atoms with Crippen LogP contribution in [0.5, 0.6) is 17.2 Å². The number of carboxylic acid groups (broad SMARTS) is 1. The van der Waals surface area contributed by atoms with Gasteiger partial charge in [0.15, 0.2) is 5.75 Å². The van der Waals surface area contributed by atoms with E-state index in [2.05, 4.69) is 150 Å². The number of hydrogen-bond donors (Lipinski definition) is 1. The lowest BCUT2D eigenvalue weighted by Gasteiger charge is -2.26. The molecule has 0 aliphatic carbocycles. The van der Waals surface area contributed by atoms with Gasteiger partial charge in [-0.25, -0.2) is 0 Å². The number of benzene rings is 3. The second kappa shape index (κ2) is 14.4. The zero-order valence-electron chi connectivity index (χ0n) is 23.5. The van der Waals surface area contributed by atoms with Crippen molar-refractivity contribution in [3.63, 3.8) is 0 Å². The summed E-state index contributed by atoms with van der Waals surface area (Å²) in [7, 11) is 0. The molecule has 0 amide bonds. The fraction of sp³-hybridized carbons (Fsp3) is 0.387. The quantitative estimate of drug-likeness (QED) is 0.162. The van der Waals surface area contributed by atoms with Gasteiger partial charge in [0, 0.05) is 0 Å². The largest absolute Gasteiger partial charge is 0.489 e. The molecule has 0 bridgehead atoms. The average molecular weight is 994 g/mol. The Labute approximate surface area is 292 Å². The summed E-state index contributed by atoms with van der Waals surface area (Å²) in [6, 6.07) is 14.4. The predicted octanol–water partition coefficient (Wildman–Crippen LogP) is 9.71. The van der Waals surface area contributed by atoms with E-state index in [0.29, 0.717) is 31.3 Å². The summed E-state index contributed by atoms with van der Waals surface area (Å²) in [5.41, 5.74) is 4.72. The molecule has 0 radical (unpaired) electrons. The molecule has 0 saturated heterocycles. The van der Waals surface area contributed by atoms with Crippen LogP contribution >= 0.6 is 90.4 Å². The summed E-state index contributed by atoms with van der Waals surface area (Å²) in [6.07, 6.45) is -0.0148. The van der Waals surface area contributed by atoms with Crippen LogP contribution in [0.3, 0.4) is 0 Å². The van der Waals surface area contributed by atoms with Gasteiger partial charge < -0.3 is 19.3 Å². The van der Waals surface area contributed by atoms with E-state index in [9.17, 15) is 4.79 Å². The normalized spacial score (nSPS) is 11.9. The smallest absolute Gasteiger partial charge is 0.307 e.